The van der Waals surface area contributed by atoms with Gasteiger partial charge in [-0.25, -0.2) is 9.37 Å². The quantitative estimate of drug-likeness (QED) is 0.843. The van der Waals surface area contributed by atoms with Crippen molar-refractivity contribution < 1.29 is 4.39 Å². The average molecular weight is 222 g/mol. The highest BCUT2D eigenvalue weighted by atomic mass is 32.1. The Bertz CT molecular complexity index is 508. The van der Waals surface area contributed by atoms with E-state index in [0.717, 1.165) is 21.3 Å². The molecule has 0 spiro atoms. The van der Waals surface area contributed by atoms with Crippen molar-refractivity contribution in [2.75, 3.05) is 5.32 Å². The van der Waals surface area contributed by atoms with E-state index in [2.05, 4.69) is 17.2 Å². The van der Waals surface area contributed by atoms with Gasteiger partial charge in [-0.3, -0.25) is 0 Å². The van der Waals surface area contributed by atoms with Crippen molar-refractivity contribution in [1.29, 1.82) is 0 Å². The Morgan fingerprint density at radius 1 is 1.53 bits per heavy atom. The van der Waals surface area contributed by atoms with Crippen molar-refractivity contribution in [1.82, 2.24) is 4.98 Å². The molecule has 1 aliphatic rings. The SMILES string of the molecule is CC1CC1Nc1nc2ccc(F)cc2s1. The Labute approximate surface area is 91.1 Å². The summed E-state index contributed by atoms with van der Waals surface area (Å²) >= 11 is 1.52. The molecule has 0 amide bonds. The standard InChI is InChI=1S/C11H11FN2S/c1-6-4-9(6)14-11-13-8-3-2-7(12)5-10(8)15-11/h2-3,5-6,9H,4H2,1H3,(H,13,14). The van der Waals surface area contributed by atoms with Gasteiger partial charge in [0.2, 0.25) is 0 Å². The molecule has 3 rings (SSSR count). The topological polar surface area (TPSA) is 24.9 Å². The van der Waals surface area contributed by atoms with Crippen LogP contribution in [0.2, 0.25) is 0 Å². The molecule has 0 aliphatic heterocycles. The van der Waals surface area contributed by atoms with Crippen LogP contribution in [0.3, 0.4) is 0 Å². The van der Waals surface area contributed by atoms with Crippen molar-refractivity contribution >= 4 is 26.7 Å². The fourth-order valence-electron chi connectivity index (χ4n) is 1.64. The molecule has 1 N–H and O–H groups in total. The molecule has 15 heavy (non-hydrogen) atoms. The Kier molecular flexibility index (Phi) is 1.92. The molecule has 1 heterocycles. The number of nitrogens with one attached hydrogen (secondary N) is 1. The monoisotopic (exact) mass is 222 g/mol. The van der Waals surface area contributed by atoms with Gasteiger partial charge in [-0.15, -0.1) is 0 Å². The number of aromatic nitrogens is 1. The zero-order chi connectivity index (χ0) is 10.4. The second-order valence-corrected chi connectivity index (χ2v) is 5.13. The maximum absolute atomic E-state index is 12.9. The zero-order valence-electron chi connectivity index (χ0n) is 8.33. The lowest BCUT2D eigenvalue weighted by Crippen LogP contribution is -2.02. The lowest BCUT2D eigenvalue weighted by molar-refractivity contribution is 0.630. The van der Waals surface area contributed by atoms with Gasteiger partial charge in [-0.1, -0.05) is 18.3 Å². The normalized spacial score (nSPS) is 24.4. The van der Waals surface area contributed by atoms with E-state index in [1.54, 1.807) is 6.07 Å². The maximum atomic E-state index is 12.9. The van der Waals surface area contributed by atoms with E-state index in [9.17, 15) is 4.39 Å². The highest BCUT2D eigenvalue weighted by Gasteiger charge is 2.32. The van der Waals surface area contributed by atoms with Gasteiger partial charge in [0, 0.05) is 6.04 Å². The number of benzene rings is 1. The van der Waals surface area contributed by atoms with Gasteiger partial charge >= 0.3 is 0 Å². The number of nitrogens with zero attached hydrogens (tertiary/aromatic N) is 1. The fourth-order valence-corrected chi connectivity index (χ4v) is 2.59. The first-order valence-corrected chi connectivity index (χ1v) is 5.86. The van der Waals surface area contributed by atoms with Gasteiger partial charge in [-0.2, -0.15) is 0 Å². The molecule has 78 valence electrons. The van der Waals surface area contributed by atoms with Crippen LogP contribution in [0.4, 0.5) is 9.52 Å². The molecule has 4 heteroatoms. The molecule has 2 unspecified atom stereocenters. The minimum Gasteiger partial charge on any atom is -0.358 e. The number of thiazole rings is 1. The first-order valence-electron chi connectivity index (χ1n) is 5.05. The Morgan fingerprint density at radius 3 is 3.07 bits per heavy atom. The first kappa shape index (κ1) is 9.09. The molecule has 0 saturated heterocycles. The molecular formula is C11H11FN2S. The van der Waals surface area contributed by atoms with Gasteiger partial charge in [0.1, 0.15) is 5.82 Å². The van der Waals surface area contributed by atoms with Crippen LogP contribution in [0.25, 0.3) is 10.2 Å². The molecule has 1 fully saturated rings. The molecule has 2 nitrogen and oxygen atoms in total. The van der Waals surface area contributed by atoms with Crippen LogP contribution in [-0.4, -0.2) is 11.0 Å². The van der Waals surface area contributed by atoms with E-state index in [1.807, 2.05) is 0 Å². The van der Waals surface area contributed by atoms with Crippen LogP contribution in [0.5, 0.6) is 0 Å². The van der Waals surface area contributed by atoms with Crippen molar-refractivity contribution in [3.8, 4) is 0 Å². The Hall–Kier alpha value is -1.16. The molecule has 0 radical (unpaired) electrons. The van der Waals surface area contributed by atoms with Gasteiger partial charge in [0.25, 0.3) is 0 Å². The lowest BCUT2D eigenvalue weighted by atomic mass is 10.3. The number of fused-ring (bicyclic) bond motifs is 1. The molecule has 1 aliphatic carbocycles. The summed E-state index contributed by atoms with van der Waals surface area (Å²) in [5, 5.41) is 4.27. The van der Waals surface area contributed by atoms with Crippen LogP contribution in [0, 0.1) is 11.7 Å². The molecule has 1 aromatic carbocycles. The minimum absolute atomic E-state index is 0.197. The second-order valence-electron chi connectivity index (χ2n) is 4.09. The van der Waals surface area contributed by atoms with E-state index >= 15 is 0 Å². The zero-order valence-corrected chi connectivity index (χ0v) is 9.14. The van der Waals surface area contributed by atoms with Gasteiger partial charge in [-0.05, 0) is 30.5 Å². The number of hydrogen-bond donors (Lipinski definition) is 1. The van der Waals surface area contributed by atoms with Crippen LogP contribution in [0.15, 0.2) is 18.2 Å². The third kappa shape index (κ3) is 1.69. The maximum Gasteiger partial charge on any atom is 0.184 e. The van der Waals surface area contributed by atoms with Gasteiger partial charge in [0.05, 0.1) is 10.2 Å². The van der Waals surface area contributed by atoms with E-state index < -0.39 is 0 Å². The number of rotatable bonds is 2. The van der Waals surface area contributed by atoms with E-state index in [4.69, 9.17) is 0 Å². The van der Waals surface area contributed by atoms with Crippen molar-refractivity contribution in [3.63, 3.8) is 0 Å². The molecule has 2 atom stereocenters. The van der Waals surface area contributed by atoms with Crippen molar-refractivity contribution in [2.24, 2.45) is 5.92 Å². The highest BCUT2D eigenvalue weighted by molar-refractivity contribution is 7.22. The van der Waals surface area contributed by atoms with Crippen molar-refractivity contribution in [2.45, 2.75) is 19.4 Å². The molecule has 1 saturated carbocycles. The minimum atomic E-state index is -0.197. The summed E-state index contributed by atoms with van der Waals surface area (Å²) in [4.78, 5) is 4.41. The Morgan fingerprint density at radius 2 is 2.33 bits per heavy atom. The molecule has 1 aromatic heterocycles. The molecular weight excluding hydrogens is 211 g/mol. The smallest absolute Gasteiger partial charge is 0.184 e. The van der Waals surface area contributed by atoms with Crippen LogP contribution >= 0.6 is 11.3 Å². The summed E-state index contributed by atoms with van der Waals surface area (Å²) in [6.45, 7) is 2.21. The summed E-state index contributed by atoms with van der Waals surface area (Å²) < 4.78 is 13.8. The van der Waals surface area contributed by atoms with Gasteiger partial charge < -0.3 is 5.32 Å². The third-order valence-electron chi connectivity index (χ3n) is 2.77. The average Bonchev–Trinajstić information content (AvgIpc) is 2.75. The number of halogens is 1. The number of hydrogen-bond acceptors (Lipinski definition) is 3. The van der Waals surface area contributed by atoms with E-state index in [-0.39, 0.29) is 5.82 Å². The lowest BCUT2D eigenvalue weighted by Gasteiger charge is -1.96. The summed E-state index contributed by atoms with van der Waals surface area (Å²) in [5.41, 5.74) is 0.872. The summed E-state index contributed by atoms with van der Waals surface area (Å²) in [7, 11) is 0. The molecule has 0 bridgehead atoms. The van der Waals surface area contributed by atoms with E-state index in [0.29, 0.717) is 6.04 Å². The fraction of sp³-hybridized carbons (Fsp3) is 0.364. The third-order valence-corrected chi connectivity index (χ3v) is 3.72. The van der Waals surface area contributed by atoms with E-state index in [1.165, 1.54) is 29.9 Å². The van der Waals surface area contributed by atoms with Crippen molar-refractivity contribution in [3.05, 3.63) is 24.0 Å². The highest BCUT2D eigenvalue weighted by Crippen LogP contribution is 2.35. The van der Waals surface area contributed by atoms with Crippen LogP contribution in [0.1, 0.15) is 13.3 Å². The summed E-state index contributed by atoms with van der Waals surface area (Å²) in [6.07, 6.45) is 1.21. The van der Waals surface area contributed by atoms with Crippen LogP contribution < -0.4 is 5.32 Å². The van der Waals surface area contributed by atoms with Gasteiger partial charge in [0.15, 0.2) is 5.13 Å². The largest absolute Gasteiger partial charge is 0.358 e. The Balaban J connectivity index is 1.92. The summed E-state index contributed by atoms with van der Waals surface area (Å²) in [5.74, 6) is 0.547. The predicted octanol–water partition coefficient (Wildman–Crippen LogP) is 3.26. The summed E-state index contributed by atoms with van der Waals surface area (Å²) in [6, 6.07) is 5.28. The van der Waals surface area contributed by atoms with Crippen LogP contribution in [-0.2, 0) is 0 Å². The number of anilines is 1. The molecule has 2 aromatic rings. The predicted molar refractivity (Wildman–Crippen MR) is 60.8 cm³/mol. The second kappa shape index (κ2) is 3.17. The first-order chi connectivity index (χ1) is 7.22.